The van der Waals surface area contributed by atoms with Crippen molar-refractivity contribution in [2.24, 2.45) is 0 Å². The number of methoxy groups -OCH3 is 1. The number of carbonyl (C=O) groups excluding carboxylic acids is 1. The molecule has 0 aromatic rings. The lowest BCUT2D eigenvalue weighted by Crippen LogP contribution is -2.52. The summed E-state index contributed by atoms with van der Waals surface area (Å²) in [4.78, 5) is 11.6. The van der Waals surface area contributed by atoms with Crippen molar-refractivity contribution in [3.8, 4) is 0 Å². The molecule has 0 rings (SSSR count). The van der Waals surface area contributed by atoms with Crippen LogP contribution in [0.1, 0.15) is 40.0 Å². The van der Waals surface area contributed by atoms with Crippen molar-refractivity contribution in [2.75, 3.05) is 25.2 Å². The van der Waals surface area contributed by atoms with Crippen LogP contribution in [0.2, 0.25) is 0 Å². The highest BCUT2D eigenvalue weighted by molar-refractivity contribution is 7.99. The number of unbranched alkanes of at least 4 members (excludes halogenated alkanes) is 2. The minimum absolute atomic E-state index is 0.169. The lowest BCUT2D eigenvalue weighted by Gasteiger charge is -2.27. The fourth-order valence-corrected chi connectivity index (χ4v) is 2.71. The van der Waals surface area contributed by atoms with E-state index >= 15 is 0 Å². The van der Waals surface area contributed by atoms with Crippen LogP contribution in [0.4, 0.5) is 0 Å². The molecule has 0 aromatic heterocycles. The van der Waals surface area contributed by atoms with Gasteiger partial charge in [-0.1, -0.05) is 26.7 Å². The van der Waals surface area contributed by atoms with Gasteiger partial charge in [0.1, 0.15) is 5.54 Å². The molecule has 96 valence electrons. The van der Waals surface area contributed by atoms with Crippen LogP contribution < -0.4 is 5.32 Å². The summed E-state index contributed by atoms with van der Waals surface area (Å²) in [5.74, 6) is 1.72. The van der Waals surface area contributed by atoms with Gasteiger partial charge in [-0.3, -0.25) is 4.79 Å². The van der Waals surface area contributed by atoms with Gasteiger partial charge in [-0.2, -0.15) is 11.8 Å². The number of likely N-dealkylation sites (N-methyl/N-ethyl adjacent to an activating group) is 1. The summed E-state index contributed by atoms with van der Waals surface area (Å²) in [6.07, 6.45) is 3.73. The Kier molecular flexibility index (Phi) is 8.76. The van der Waals surface area contributed by atoms with Gasteiger partial charge in [-0.25, -0.2) is 0 Å². The molecule has 0 radical (unpaired) electrons. The SMILES string of the molecule is CCCCCSCC(C)(NCC)C(=O)OC. The highest BCUT2D eigenvalue weighted by Gasteiger charge is 2.32. The highest BCUT2D eigenvalue weighted by Crippen LogP contribution is 2.16. The number of hydrogen-bond acceptors (Lipinski definition) is 4. The number of esters is 1. The second-order valence-electron chi connectivity index (χ2n) is 4.11. The lowest BCUT2D eigenvalue weighted by atomic mass is 10.1. The first-order chi connectivity index (χ1) is 7.60. The van der Waals surface area contributed by atoms with Crippen molar-refractivity contribution in [3.63, 3.8) is 0 Å². The van der Waals surface area contributed by atoms with Crippen molar-refractivity contribution in [2.45, 2.75) is 45.6 Å². The molecule has 0 amide bonds. The summed E-state index contributed by atoms with van der Waals surface area (Å²) in [5, 5.41) is 3.21. The maximum absolute atomic E-state index is 11.6. The molecule has 0 heterocycles. The van der Waals surface area contributed by atoms with E-state index in [-0.39, 0.29) is 5.97 Å². The molecule has 4 heteroatoms. The molecule has 0 fully saturated rings. The minimum Gasteiger partial charge on any atom is -0.468 e. The molecule has 16 heavy (non-hydrogen) atoms. The third kappa shape index (κ3) is 5.75. The third-order valence-electron chi connectivity index (χ3n) is 2.49. The third-order valence-corrected chi connectivity index (χ3v) is 3.84. The molecule has 1 N–H and O–H groups in total. The smallest absolute Gasteiger partial charge is 0.326 e. The molecular formula is C12H25NO2S. The van der Waals surface area contributed by atoms with Crippen molar-refractivity contribution in [1.82, 2.24) is 5.32 Å². The van der Waals surface area contributed by atoms with Gasteiger partial charge < -0.3 is 10.1 Å². The zero-order valence-electron chi connectivity index (χ0n) is 11.0. The number of thioether (sulfide) groups is 1. The van der Waals surface area contributed by atoms with Gasteiger partial charge in [0, 0.05) is 5.75 Å². The van der Waals surface area contributed by atoms with E-state index in [1.165, 1.54) is 26.4 Å². The molecule has 0 aromatic carbocycles. The van der Waals surface area contributed by atoms with E-state index in [4.69, 9.17) is 4.74 Å². The number of rotatable bonds is 9. The average molecular weight is 247 g/mol. The molecule has 1 atom stereocenters. The largest absolute Gasteiger partial charge is 0.468 e. The van der Waals surface area contributed by atoms with Crippen molar-refractivity contribution in [1.29, 1.82) is 0 Å². The average Bonchev–Trinajstić information content (AvgIpc) is 2.28. The maximum atomic E-state index is 11.6. The predicted octanol–water partition coefficient (Wildman–Crippen LogP) is 2.45. The van der Waals surface area contributed by atoms with Crippen LogP contribution in [0.3, 0.4) is 0 Å². The zero-order chi connectivity index (χ0) is 12.4. The Morgan fingerprint density at radius 2 is 2.06 bits per heavy atom. The normalized spacial score (nSPS) is 14.5. The van der Waals surface area contributed by atoms with Crippen molar-refractivity contribution >= 4 is 17.7 Å². The Hall–Kier alpha value is -0.220. The molecule has 0 saturated carbocycles. The van der Waals surface area contributed by atoms with Gasteiger partial charge in [0.15, 0.2) is 0 Å². The summed E-state index contributed by atoms with van der Waals surface area (Å²) < 4.78 is 4.83. The predicted molar refractivity (Wildman–Crippen MR) is 70.9 cm³/mol. The summed E-state index contributed by atoms with van der Waals surface area (Å²) in [7, 11) is 1.44. The molecule has 0 aliphatic heterocycles. The molecular weight excluding hydrogens is 222 g/mol. The maximum Gasteiger partial charge on any atom is 0.326 e. The highest BCUT2D eigenvalue weighted by atomic mass is 32.2. The molecule has 3 nitrogen and oxygen atoms in total. The van der Waals surface area contributed by atoms with Crippen LogP contribution in [0.15, 0.2) is 0 Å². The first-order valence-electron chi connectivity index (χ1n) is 6.02. The van der Waals surface area contributed by atoms with Crippen LogP contribution in [-0.2, 0) is 9.53 Å². The number of nitrogens with one attached hydrogen (secondary N) is 1. The molecule has 0 bridgehead atoms. The van der Waals surface area contributed by atoms with Gasteiger partial charge in [0.2, 0.25) is 0 Å². The van der Waals surface area contributed by atoms with Gasteiger partial charge in [-0.05, 0) is 25.6 Å². The van der Waals surface area contributed by atoms with Gasteiger partial charge in [0.25, 0.3) is 0 Å². The second kappa shape index (κ2) is 8.88. The van der Waals surface area contributed by atoms with E-state index in [1.54, 1.807) is 0 Å². The number of carbonyl (C=O) groups is 1. The Morgan fingerprint density at radius 3 is 2.56 bits per heavy atom. The van der Waals surface area contributed by atoms with Crippen molar-refractivity contribution in [3.05, 3.63) is 0 Å². The summed E-state index contributed by atoms with van der Waals surface area (Å²) in [6.45, 7) is 6.89. The summed E-state index contributed by atoms with van der Waals surface area (Å²) in [5.41, 5.74) is -0.541. The molecule has 0 aliphatic rings. The summed E-state index contributed by atoms with van der Waals surface area (Å²) in [6, 6.07) is 0. The van der Waals surface area contributed by atoms with E-state index in [1.807, 2.05) is 25.6 Å². The van der Waals surface area contributed by atoms with Gasteiger partial charge >= 0.3 is 5.97 Å². The molecule has 0 saturated heterocycles. The fourth-order valence-electron chi connectivity index (χ4n) is 1.53. The Labute approximate surface area is 104 Å². The topological polar surface area (TPSA) is 38.3 Å². The molecule has 1 unspecified atom stereocenters. The number of hydrogen-bond donors (Lipinski definition) is 1. The zero-order valence-corrected chi connectivity index (χ0v) is 11.8. The monoisotopic (exact) mass is 247 g/mol. The van der Waals surface area contributed by atoms with Crippen molar-refractivity contribution < 1.29 is 9.53 Å². The van der Waals surface area contributed by atoms with Gasteiger partial charge in [0.05, 0.1) is 7.11 Å². The van der Waals surface area contributed by atoms with E-state index in [0.29, 0.717) is 0 Å². The van der Waals surface area contributed by atoms with Crippen LogP contribution in [-0.4, -0.2) is 36.7 Å². The van der Waals surface area contributed by atoms with Crippen LogP contribution in [0.25, 0.3) is 0 Å². The Bertz CT molecular complexity index is 199. The molecule has 0 spiro atoms. The second-order valence-corrected chi connectivity index (χ2v) is 5.22. The Morgan fingerprint density at radius 1 is 1.38 bits per heavy atom. The summed E-state index contributed by atoms with van der Waals surface area (Å²) >= 11 is 1.82. The fraction of sp³-hybridized carbons (Fsp3) is 0.917. The van der Waals surface area contributed by atoms with Crippen LogP contribution in [0.5, 0.6) is 0 Å². The van der Waals surface area contributed by atoms with E-state index in [2.05, 4.69) is 12.2 Å². The standard InChI is InChI=1S/C12H25NO2S/c1-5-7-8-9-16-10-12(3,13-6-2)11(14)15-4/h13H,5-10H2,1-4H3. The van der Waals surface area contributed by atoms with Crippen LogP contribution >= 0.6 is 11.8 Å². The van der Waals surface area contributed by atoms with E-state index in [9.17, 15) is 4.79 Å². The number of ether oxygens (including phenoxy) is 1. The first-order valence-corrected chi connectivity index (χ1v) is 7.17. The quantitative estimate of drug-likeness (QED) is 0.502. The van der Waals surface area contributed by atoms with E-state index in [0.717, 1.165) is 18.1 Å². The van der Waals surface area contributed by atoms with Gasteiger partial charge in [-0.15, -0.1) is 0 Å². The van der Waals surface area contributed by atoms with Crippen LogP contribution in [0, 0.1) is 0 Å². The molecule has 0 aliphatic carbocycles. The Balaban J connectivity index is 3.97. The lowest BCUT2D eigenvalue weighted by molar-refractivity contribution is -0.146. The minimum atomic E-state index is -0.541. The first kappa shape index (κ1) is 15.8. The van der Waals surface area contributed by atoms with E-state index < -0.39 is 5.54 Å².